The molecule has 4 saturated heterocycles. The molecule has 0 aromatic heterocycles. The van der Waals surface area contributed by atoms with Gasteiger partial charge in [-0.2, -0.15) is 0 Å². The second-order valence-corrected chi connectivity index (χ2v) is 22.9. The number of hydrogen-bond donors (Lipinski definition) is 14. The van der Waals surface area contributed by atoms with E-state index in [0.29, 0.717) is 38.5 Å². The number of carbonyl (C=O) groups excluding carboxylic acids is 2. The van der Waals surface area contributed by atoms with Gasteiger partial charge < -0.3 is 109 Å². The molecular formula is C50H80O24. The SMILES string of the molecule is C[C@H](CCC(=O)[C@@H](C)[C@@H]1C(=O)C[C@H]2[C@@H]3CC=C4CC(O[C@@H]5OC(CO)[C@@H](O[C@@H]6OC(CO)[C@@H](O)C(O)C6O)C(O)C5O[C@@H]5OC(O)[C@H](O)C(O)C5O)CC[C@]4(C)[C@H]3CC[C@@]21C)CO[C@@H]1OC(CO)[C@@H](O)C(O)C1O. The molecule has 0 aromatic rings. The Morgan fingerprint density at radius 3 is 1.84 bits per heavy atom. The lowest BCUT2D eigenvalue weighted by Crippen LogP contribution is -2.67. The van der Waals surface area contributed by atoms with Gasteiger partial charge in [-0.05, 0) is 79.4 Å². The second kappa shape index (κ2) is 23.5. The van der Waals surface area contributed by atoms with Gasteiger partial charge in [-0.25, -0.2) is 0 Å². The number of ether oxygens (including phenoxy) is 8. The quantitative estimate of drug-likeness (QED) is 0.0617. The zero-order valence-corrected chi connectivity index (χ0v) is 42.2. The fourth-order valence-corrected chi connectivity index (χ4v) is 13.9. The molecule has 4 aliphatic carbocycles. The first-order chi connectivity index (χ1) is 35.0. The second-order valence-electron chi connectivity index (χ2n) is 22.9. The van der Waals surface area contributed by atoms with E-state index in [1.165, 1.54) is 0 Å². The molecule has 0 spiro atoms. The Labute approximate surface area is 428 Å². The van der Waals surface area contributed by atoms with Crippen molar-refractivity contribution in [1.29, 1.82) is 0 Å². The predicted octanol–water partition coefficient (Wildman–Crippen LogP) is -4.03. The van der Waals surface area contributed by atoms with Crippen molar-refractivity contribution in [1.82, 2.24) is 0 Å². The minimum Gasteiger partial charge on any atom is -0.394 e. The summed E-state index contributed by atoms with van der Waals surface area (Å²) in [6.45, 7) is 6.03. The Morgan fingerprint density at radius 1 is 0.635 bits per heavy atom. The van der Waals surface area contributed by atoms with Gasteiger partial charge in [0.25, 0.3) is 0 Å². The minimum absolute atomic E-state index is 0.0242. The molecule has 3 saturated carbocycles. The first-order valence-corrected chi connectivity index (χ1v) is 26.2. The summed E-state index contributed by atoms with van der Waals surface area (Å²) in [6, 6.07) is 0. The van der Waals surface area contributed by atoms with Gasteiger partial charge in [0, 0.05) is 24.7 Å². The highest BCUT2D eigenvalue weighted by molar-refractivity contribution is 5.92. The van der Waals surface area contributed by atoms with Crippen LogP contribution in [-0.2, 0) is 47.5 Å². The van der Waals surface area contributed by atoms with Gasteiger partial charge in [-0.3, -0.25) is 9.59 Å². The van der Waals surface area contributed by atoms with E-state index in [9.17, 15) is 81.1 Å². The van der Waals surface area contributed by atoms with E-state index in [-0.39, 0.29) is 53.7 Å². The van der Waals surface area contributed by atoms with Gasteiger partial charge in [0.05, 0.1) is 32.5 Å². The van der Waals surface area contributed by atoms with E-state index >= 15 is 0 Å². The number of ketones is 2. The summed E-state index contributed by atoms with van der Waals surface area (Å²) in [6.07, 6.45) is -27.0. The van der Waals surface area contributed by atoms with Crippen LogP contribution in [0, 0.1) is 46.3 Å². The maximum Gasteiger partial charge on any atom is 0.189 e. The molecule has 24 heteroatoms. The molecule has 13 unspecified atom stereocenters. The monoisotopic (exact) mass is 1060 g/mol. The van der Waals surface area contributed by atoms with Crippen molar-refractivity contribution in [3.8, 4) is 0 Å². The van der Waals surface area contributed by atoms with E-state index in [2.05, 4.69) is 19.9 Å². The third kappa shape index (κ3) is 11.0. The Morgan fingerprint density at radius 2 is 1.20 bits per heavy atom. The lowest BCUT2D eigenvalue weighted by molar-refractivity contribution is -0.400. The number of allylic oxidation sites excluding steroid dienone is 1. The fraction of sp³-hybridized carbons (Fsp3) is 0.920. The third-order valence-corrected chi connectivity index (χ3v) is 18.4. The van der Waals surface area contributed by atoms with Gasteiger partial charge in [-0.15, -0.1) is 0 Å². The predicted molar refractivity (Wildman–Crippen MR) is 247 cm³/mol. The van der Waals surface area contributed by atoms with E-state index in [1.54, 1.807) is 0 Å². The van der Waals surface area contributed by atoms with Crippen LogP contribution in [0.25, 0.3) is 0 Å². The topological polar surface area (TPSA) is 391 Å². The first kappa shape index (κ1) is 58.4. The number of fused-ring (bicyclic) bond motifs is 5. The molecule has 4 heterocycles. The molecule has 14 N–H and O–H groups in total. The smallest absolute Gasteiger partial charge is 0.189 e. The first-order valence-electron chi connectivity index (χ1n) is 26.2. The Balaban J connectivity index is 0.919. The van der Waals surface area contributed by atoms with Crippen LogP contribution in [0.1, 0.15) is 85.5 Å². The minimum atomic E-state index is -2.02. The summed E-state index contributed by atoms with van der Waals surface area (Å²) in [7, 11) is 0. The summed E-state index contributed by atoms with van der Waals surface area (Å²) in [5.41, 5.74) is 0.443. The van der Waals surface area contributed by atoms with Crippen LogP contribution >= 0.6 is 0 Å². The van der Waals surface area contributed by atoms with Crippen molar-refractivity contribution in [2.75, 3.05) is 26.4 Å². The zero-order chi connectivity index (χ0) is 53.9. The lowest BCUT2D eigenvalue weighted by atomic mass is 9.47. The Bertz CT molecular complexity index is 1940. The molecular weight excluding hydrogens is 985 g/mol. The molecule has 74 heavy (non-hydrogen) atoms. The van der Waals surface area contributed by atoms with Crippen LogP contribution in [-0.4, -0.2) is 239 Å². The highest BCUT2D eigenvalue weighted by atomic mass is 16.8. The molecule has 0 aromatic carbocycles. The van der Waals surface area contributed by atoms with Crippen molar-refractivity contribution in [2.24, 2.45) is 46.3 Å². The van der Waals surface area contributed by atoms with Gasteiger partial charge >= 0.3 is 0 Å². The normalized spacial score (nSPS) is 50.5. The zero-order valence-electron chi connectivity index (χ0n) is 42.2. The molecule has 29 atom stereocenters. The summed E-state index contributed by atoms with van der Waals surface area (Å²) in [5, 5.41) is 146. The van der Waals surface area contributed by atoms with E-state index in [1.807, 2.05) is 13.8 Å². The third-order valence-electron chi connectivity index (χ3n) is 18.4. The van der Waals surface area contributed by atoms with Crippen LogP contribution in [0.5, 0.6) is 0 Å². The molecule has 7 fully saturated rings. The van der Waals surface area contributed by atoms with Crippen LogP contribution in [0.4, 0.5) is 0 Å². The van der Waals surface area contributed by atoms with Gasteiger partial charge in [0.15, 0.2) is 31.5 Å². The molecule has 424 valence electrons. The maximum absolute atomic E-state index is 14.1. The summed E-state index contributed by atoms with van der Waals surface area (Å²) in [5.74, 6) is -0.644. The lowest BCUT2D eigenvalue weighted by Gasteiger charge is -2.58. The van der Waals surface area contributed by atoms with Crippen molar-refractivity contribution < 1.29 is 119 Å². The number of rotatable bonds is 17. The van der Waals surface area contributed by atoms with Crippen molar-refractivity contribution in [2.45, 2.75) is 215 Å². The number of hydrogen-bond acceptors (Lipinski definition) is 24. The number of aliphatic hydroxyl groups excluding tert-OH is 14. The van der Waals surface area contributed by atoms with Crippen LogP contribution in [0.2, 0.25) is 0 Å². The summed E-state index contributed by atoms with van der Waals surface area (Å²) in [4.78, 5) is 28.0. The summed E-state index contributed by atoms with van der Waals surface area (Å²) >= 11 is 0. The van der Waals surface area contributed by atoms with E-state index in [0.717, 1.165) is 18.4 Å². The molecule has 0 amide bonds. The maximum atomic E-state index is 14.1. The van der Waals surface area contributed by atoms with Crippen molar-refractivity contribution in [3.63, 3.8) is 0 Å². The average molecular weight is 1070 g/mol. The summed E-state index contributed by atoms with van der Waals surface area (Å²) < 4.78 is 46.6. The molecule has 8 aliphatic rings. The molecule has 0 bridgehead atoms. The van der Waals surface area contributed by atoms with Gasteiger partial charge in [-0.1, -0.05) is 39.3 Å². The number of aliphatic hydroxyl groups is 14. The largest absolute Gasteiger partial charge is 0.394 e. The van der Waals surface area contributed by atoms with E-state index < -0.39 is 166 Å². The molecule has 8 rings (SSSR count). The Hall–Kier alpha value is -1.80. The van der Waals surface area contributed by atoms with Crippen molar-refractivity contribution >= 4 is 11.6 Å². The van der Waals surface area contributed by atoms with Gasteiger partial charge in [0.2, 0.25) is 0 Å². The van der Waals surface area contributed by atoms with Crippen molar-refractivity contribution in [3.05, 3.63) is 11.6 Å². The fourth-order valence-electron chi connectivity index (χ4n) is 13.9. The van der Waals surface area contributed by atoms with Crippen LogP contribution < -0.4 is 0 Å². The molecule has 24 nitrogen and oxygen atoms in total. The van der Waals surface area contributed by atoms with E-state index in [4.69, 9.17) is 37.9 Å². The number of Topliss-reactive ketones (excluding diaryl/α,β-unsaturated/α-hetero) is 2. The van der Waals surface area contributed by atoms with Gasteiger partial charge in [0.1, 0.15) is 103 Å². The standard InChI is InChI=1S/C50H80O24/c1-19(18-67-45-38(62)34(58)32(56)28(15-51)69-45)5-8-26(54)20(2)31-27(55)14-25-23-7-6-21-13-22(9-11-49(21,3)24(23)10-12-50(25,31)4)68-48-43(73-47-40(64)36(60)37(61)44(66)74-47)41(65)42(30(17-53)71-48)72-46-39(63)35(59)33(57)29(16-52)70-46/h6,19-20,22-25,28-48,51-53,56-66H,5,7-18H2,1-4H3/t19-,20-,22?,23-,24+,25+,28?,29?,30?,31-,32-,33-,34?,35?,36?,37-,38?,39?,40?,41?,42-,43?,44?,45-,46+,47-,48-,49+,50+/m1/s1. The van der Waals surface area contributed by atoms with Crippen LogP contribution in [0.15, 0.2) is 11.6 Å². The highest BCUT2D eigenvalue weighted by Gasteiger charge is 2.63. The molecule has 0 radical (unpaired) electrons. The molecule has 4 aliphatic heterocycles. The highest BCUT2D eigenvalue weighted by Crippen LogP contribution is 2.66. The Kier molecular flexibility index (Phi) is 18.5. The van der Waals surface area contributed by atoms with Crippen LogP contribution in [0.3, 0.4) is 0 Å². The number of carbonyl (C=O) groups is 2. The average Bonchev–Trinajstić information content (AvgIpc) is 3.66.